The Morgan fingerprint density at radius 3 is 2.70 bits per heavy atom. The molecule has 0 aliphatic carbocycles. The van der Waals surface area contributed by atoms with Crippen LogP contribution in [0.1, 0.15) is 19.5 Å². The van der Waals surface area contributed by atoms with Crippen LogP contribution in [-0.4, -0.2) is 28.2 Å². The Balaban J connectivity index is 2.10. The molecule has 2 N–H and O–H groups in total. The highest BCUT2D eigenvalue weighted by Gasteiger charge is 2.24. The second-order valence-corrected chi connectivity index (χ2v) is 4.93. The Morgan fingerprint density at radius 1 is 1.35 bits per heavy atom. The van der Waals surface area contributed by atoms with Crippen molar-refractivity contribution in [2.24, 2.45) is 5.92 Å². The molecule has 1 amide bonds. The first kappa shape index (κ1) is 14.0. The number of aromatic nitrogens is 1. The average Bonchev–Trinajstić information content (AvgIpc) is 2.79. The summed E-state index contributed by atoms with van der Waals surface area (Å²) in [6.45, 7) is 3.48. The van der Waals surface area contributed by atoms with Gasteiger partial charge in [-0.15, -0.1) is 0 Å². The molecule has 6 nitrogen and oxygen atoms in total. The van der Waals surface area contributed by atoms with Crippen molar-refractivity contribution in [1.82, 2.24) is 10.5 Å². The third-order valence-corrected chi connectivity index (χ3v) is 3.03. The number of aliphatic carboxylic acids is 1. The van der Waals surface area contributed by atoms with E-state index in [-0.39, 0.29) is 18.2 Å². The second-order valence-electron chi connectivity index (χ2n) is 4.93. The van der Waals surface area contributed by atoms with Gasteiger partial charge in [-0.3, -0.25) is 4.79 Å². The first-order valence-corrected chi connectivity index (χ1v) is 6.34. The molecule has 0 saturated heterocycles. The maximum Gasteiger partial charge on any atom is 0.326 e. The first-order valence-electron chi connectivity index (χ1n) is 6.34. The predicted molar refractivity (Wildman–Crippen MR) is 72.1 cm³/mol. The molecule has 0 unspecified atom stereocenters. The number of nitrogens with zero attached hydrogens (tertiary/aromatic N) is 1. The van der Waals surface area contributed by atoms with Crippen LogP contribution in [0.5, 0.6) is 0 Å². The van der Waals surface area contributed by atoms with Crippen molar-refractivity contribution in [2.75, 3.05) is 0 Å². The lowest BCUT2D eigenvalue weighted by molar-refractivity contribution is -0.143. The van der Waals surface area contributed by atoms with Crippen LogP contribution in [-0.2, 0) is 16.0 Å². The molecule has 20 heavy (non-hydrogen) atoms. The van der Waals surface area contributed by atoms with E-state index in [0.29, 0.717) is 11.3 Å². The van der Waals surface area contributed by atoms with Gasteiger partial charge in [0.05, 0.1) is 6.42 Å². The average molecular weight is 276 g/mol. The molecular formula is C14H16N2O4. The zero-order valence-electron chi connectivity index (χ0n) is 11.3. The van der Waals surface area contributed by atoms with Crippen molar-refractivity contribution in [3.63, 3.8) is 0 Å². The minimum Gasteiger partial charge on any atom is -0.480 e. The SMILES string of the molecule is CC(C)[C@H](NC(=O)Cc1noc2ccccc12)C(=O)O. The molecular weight excluding hydrogens is 260 g/mol. The highest BCUT2D eigenvalue weighted by atomic mass is 16.5. The quantitative estimate of drug-likeness (QED) is 0.865. The van der Waals surface area contributed by atoms with Gasteiger partial charge in [0.2, 0.25) is 5.91 Å². The van der Waals surface area contributed by atoms with Gasteiger partial charge >= 0.3 is 5.97 Å². The summed E-state index contributed by atoms with van der Waals surface area (Å²) >= 11 is 0. The number of rotatable bonds is 5. The van der Waals surface area contributed by atoms with Crippen LogP contribution in [0, 0.1) is 5.92 Å². The normalized spacial score (nSPS) is 12.6. The second kappa shape index (κ2) is 5.73. The molecule has 0 saturated carbocycles. The van der Waals surface area contributed by atoms with Crippen molar-refractivity contribution in [3.8, 4) is 0 Å². The molecule has 1 aromatic carbocycles. The molecule has 0 aliphatic rings. The van der Waals surface area contributed by atoms with Crippen molar-refractivity contribution in [3.05, 3.63) is 30.0 Å². The number of para-hydroxylation sites is 1. The Bertz CT molecular complexity index is 633. The van der Waals surface area contributed by atoms with Crippen LogP contribution < -0.4 is 5.32 Å². The van der Waals surface area contributed by atoms with E-state index < -0.39 is 12.0 Å². The van der Waals surface area contributed by atoms with Crippen molar-refractivity contribution in [2.45, 2.75) is 26.3 Å². The Hall–Kier alpha value is -2.37. The molecule has 1 aromatic heterocycles. The van der Waals surface area contributed by atoms with Gasteiger partial charge in [0.15, 0.2) is 5.58 Å². The van der Waals surface area contributed by atoms with Gasteiger partial charge in [-0.05, 0) is 18.1 Å². The summed E-state index contributed by atoms with van der Waals surface area (Å²) in [5.41, 5.74) is 1.11. The van der Waals surface area contributed by atoms with E-state index in [9.17, 15) is 9.59 Å². The van der Waals surface area contributed by atoms with Gasteiger partial charge in [-0.2, -0.15) is 0 Å². The molecule has 1 heterocycles. The molecule has 0 radical (unpaired) electrons. The first-order chi connectivity index (χ1) is 9.49. The third-order valence-electron chi connectivity index (χ3n) is 3.03. The number of hydrogen-bond donors (Lipinski definition) is 2. The van der Waals surface area contributed by atoms with Crippen LogP contribution in [0.25, 0.3) is 11.0 Å². The molecule has 0 spiro atoms. The fourth-order valence-electron chi connectivity index (χ4n) is 1.96. The van der Waals surface area contributed by atoms with Crippen LogP contribution in [0.15, 0.2) is 28.8 Å². The van der Waals surface area contributed by atoms with E-state index in [4.69, 9.17) is 9.63 Å². The Labute approximate surface area is 115 Å². The fourth-order valence-corrected chi connectivity index (χ4v) is 1.96. The van der Waals surface area contributed by atoms with E-state index in [0.717, 1.165) is 5.39 Å². The zero-order valence-corrected chi connectivity index (χ0v) is 11.3. The van der Waals surface area contributed by atoms with Gasteiger partial charge < -0.3 is 14.9 Å². The van der Waals surface area contributed by atoms with Crippen LogP contribution in [0.4, 0.5) is 0 Å². The van der Waals surface area contributed by atoms with E-state index in [1.807, 2.05) is 18.2 Å². The van der Waals surface area contributed by atoms with E-state index in [1.54, 1.807) is 19.9 Å². The van der Waals surface area contributed by atoms with Crippen LogP contribution in [0.3, 0.4) is 0 Å². The predicted octanol–water partition coefficient (Wildman–Crippen LogP) is 1.60. The van der Waals surface area contributed by atoms with Crippen LogP contribution >= 0.6 is 0 Å². The molecule has 106 valence electrons. The van der Waals surface area contributed by atoms with Gasteiger partial charge in [-0.1, -0.05) is 31.1 Å². The number of carboxylic acids is 1. The smallest absolute Gasteiger partial charge is 0.326 e. The minimum absolute atomic E-state index is 0.00644. The summed E-state index contributed by atoms with van der Waals surface area (Å²) in [5.74, 6) is -1.62. The summed E-state index contributed by atoms with van der Waals surface area (Å²) in [5, 5.41) is 16.2. The van der Waals surface area contributed by atoms with Gasteiger partial charge in [-0.25, -0.2) is 4.79 Å². The molecule has 0 fully saturated rings. The number of carboxylic acid groups (broad SMARTS) is 1. The van der Waals surface area contributed by atoms with Gasteiger partial charge in [0, 0.05) is 5.39 Å². The number of hydrogen-bond acceptors (Lipinski definition) is 4. The summed E-state index contributed by atoms with van der Waals surface area (Å²) in [4.78, 5) is 23.0. The summed E-state index contributed by atoms with van der Waals surface area (Å²) in [6, 6.07) is 6.32. The summed E-state index contributed by atoms with van der Waals surface area (Å²) in [7, 11) is 0. The lowest BCUT2D eigenvalue weighted by Crippen LogP contribution is -2.44. The van der Waals surface area contributed by atoms with Crippen molar-refractivity contribution in [1.29, 1.82) is 0 Å². The summed E-state index contributed by atoms with van der Waals surface area (Å²) in [6.07, 6.45) is -0.00644. The van der Waals surface area contributed by atoms with E-state index in [2.05, 4.69) is 10.5 Å². The lowest BCUT2D eigenvalue weighted by atomic mass is 10.0. The maximum atomic E-state index is 11.9. The van der Waals surface area contributed by atoms with Gasteiger partial charge in [0.1, 0.15) is 11.7 Å². The number of amides is 1. The number of fused-ring (bicyclic) bond motifs is 1. The van der Waals surface area contributed by atoms with Crippen molar-refractivity contribution >= 4 is 22.8 Å². The van der Waals surface area contributed by atoms with Crippen LogP contribution in [0.2, 0.25) is 0 Å². The fraction of sp³-hybridized carbons (Fsp3) is 0.357. The number of benzene rings is 1. The monoisotopic (exact) mass is 276 g/mol. The highest BCUT2D eigenvalue weighted by molar-refractivity contribution is 5.88. The third kappa shape index (κ3) is 2.96. The molecule has 6 heteroatoms. The largest absolute Gasteiger partial charge is 0.480 e. The molecule has 2 rings (SSSR count). The summed E-state index contributed by atoms with van der Waals surface area (Å²) < 4.78 is 5.10. The lowest BCUT2D eigenvalue weighted by Gasteiger charge is -2.17. The van der Waals surface area contributed by atoms with E-state index in [1.165, 1.54) is 0 Å². The zero-order chi connectivity index (χ0) is 14.7. The number of nitrogens with one attached hydrogen (secondary N) is 1. The Morgan fingerprint density at radius 2 is 2.05 bits per heavy atom. The molecule has 0 aliphatic heterocycles. The molecule has 2 aromatic rings. The van der Waals surface area contributed by atoms with E-state index >= 15 is 0 Å². The van der Waals surface area contributed by atoms with Gasteiger partial charge in [0.25, 0.3) is 0 Å². The Kier molecular flexibility index (Phi) is 4.02. The molecule has 0 bridgehead atoms. The number of carbonyl (C=O) groups is 2. The topological polar surface area (TPSA) is 92.4 Å². The number of carbonyl (C=O) groups excluding carboxylic acids is 1. The minimum atomic E-state index is -1.04. The van der Waals surface area contributed by atoms with Crippen molar-refractivity contribution < 1.29 is 19.2 Å². The standard InChI is InChI=1S/C14H16N2O4/c1-8(2)13(14(18)19)15-12(17)7-10-9-5-3-4-6-11(9)20-16-10/h3-6,8,13H,7H2,1-2H3,(H,15,17)(H,18,19)/t13-/m0/s1. The maximum absolute atomic E-state index is 11.9. The highest BCUT2D eigenvalue weighted by Crippen LogP contribution is 2.18. The molecule has 1 atom stereocenters.